The molecule has 0 radical (unpaired) electrons. The molecule has 0 spiro atoms. The number of anilines is 1. The number of hydrogen-bond acceptors (Lipinski definition) is 5. The van der Waals surface area contributed by atoms with Crippen molar-refractivity contribution in [3.63, 3.8) is 0 Å². The van der Waals surface area contributed by atoms with Crippen LogP contribution in [-0.2, 0) is 26.0 Å². The van der Waals surface area contributed by atoms with Crippen LogP contribution in [0.25, 0.3) is 0 Å². The maximum Gasteiger partial charge on any atom is 0.408 e. The predicted molar refractivity (Wildman–Crippen MR) is 119 cm³/mol. The summed E-state index contributed by atoms with van der Waals surface area (Å²) in [6, 6.07) is 11.1. The highest BCUT2D eigenvalue weighted by molar-refractivity contribution is 7.89. The zero-order valence-electron chi connectivity index (χ0n) is 18.4. The molecule has 0 aliphatic heterocycles. The third-order valence-corrected chi connectivity index (χ3v) is 5.68. The summed E-state index contributed by atoms with van der Waals surface area (Å²) in [6.45, 7) is 6.83. The number of alkyl carbamates (subject to hydrolysis) is 1. The van der Waals surface area contributed by atoms with Gasteiger partial charge in [0.15, 0.2) is 0 Å². The predicted octanol–water partition coefficient (Wildman–Crippen LogP) is 3.20. The van der Waals surface area contributed by atoms with E-state index in [1.165, 1.54) is 6.07 Å². The molecule has 0 bridgehead atoms. The van der Waals surface area contributed by atoms with Crippen LogP contribution in [-0.4, -0.2) is 38.6 Å². The van der Waals surface area contributed by atoms with Crippen LogP contribution < -0.4 is 15.4 Å². The van der Waals surface area contributed by atoms with E-state index in [1.807, 2.05) is 6.07 Å². The number of halogens is 1. The first-order valence-corrected chi connectivity index (χ1v) is 11.5. The Morgan fingerprint density at radius 3 is 2.31 bits per heavy atom. The molecule has 32 heavy (non-hydrogen) atoms. The zero-order chi connectivity index (χ0) is 23.9. The van der Waals surface area contributed by atoms with Crippen LogP contribution in [0.3, 0.4) is 0 Å². The molecule has 0 unspecified atom stereocenters. The standard InChI is InChI=1S/C22H28FN3O5S/c1-5-24-32(29,30)16-11-12-18(17(23)14-16)25-20(27)19(13-15-9-7-6-8-10-15)26-21(28)31-22(2,3)4/h6-12,14,19,24H,5,13H2,1-4H3,(H,25,27)(H,26,28)/t19-/m0/s1. The molecule has 2 aromatic carbocycles. The van der Waals surface area contributed by atoms with Crippen molar-refractivity contribution in [2.45, 2.75) is 50.7 Å². The largest absolute Gasteiger partial charge is 0.444 e. The van der Waals surface area contributed by atoms with Crippen LogP contribution in [0.1, 0.15) is 33.3 Å². The molecule has 2 aromatic rings. The number of benzene rings is 2. The number of amides is 2. The third-order valence-electron chi connectivity index (χ3n) is 4.13. The molecule has 0 saturated carbocycles. The second-order valence-electron chi connectivity index (χ2n) is 8.02. The Hall–Kier alpha value is -2.98. The zero-order valence-corrected chi connectivity index (χ0v) is 19.3. The number of nitrogens with one attached hydrogen (secondary N) is 3. The fourth-order valence-electron chi connectivity index (χ4n) is 2.77. The van der Waals surface area contributed by atoms with E-state index < -0.39 is 39.5 Å². The highest BCUT2D eigenvalue weighted by Gasteiger charge is 2.26. The summed E-state index contributed by atoms with van der Waals surface area (Å²) in [7, 11) is -3.84. The fraction of sp³-hybridized carbons (Fsp3) is 0.364. The number of hydrogen-bond donors (Lipinski definition) is 3. The second-order valence-corrected chi connectivity index (χ2v) is 9.79. The SMILES string of the molecule is CCNS(=O)(=O)c1ccc(NC(=O)[C@H](Cc2ccccc2)NC(=O)OC(C)(C)C)c(F)c1. The second kappa shape index (κ2) is 10.6. The molecular formula is C22H28FN3O5S. The Bertz CT molecular complexity index is 1050. The molecule has 1 atom stereocenters. The minimum atomic E-state index is -3.84. The lowest BCUT2D eigenvalue weighted by atomic mass is 10.1. The third kappa shape index (κ3) is 7.61. The van der Waals surface area contributed by atoms with Crippen LogP contribution in [0.2, 0.25) is 0 Å². The monoisotopic (exact) mass is 465 g/mol. The minimum absolute atomic E-state index is 0.139. The van der Waals surface area contributed by atoms with E-state index in [0.29, 0.717) is 0 Å². The molecule has 8 nitrogen and oxygen atoms in total. The van der Waals surface area contributed by atoms with Gasteiger partial charge in [0, 0.05) is 13.0 Å². The fourth-order valence-corrected chi connectivity index (χ4v) is 3.82. The van der Waals surface area contributed by atoms with Gasteiger partial charge in [0.2, 0.25) is 15.9 Å². The van der Waals surface area contributed by atoms with Gasteiger partial charge in [-0.25, -0.2) is 22.3 Å². The van der Waals surface area contributed by atoms with Crippen molar-refractivity contribution in [2.24, 2.45) is 0 Å². The Balaban J connectivity index is 2.22. The number of carbonyl (C=O) groups is 2. The maximum atomic E-state index is 14.5. The smallest absolute Gasteiger partial charge is 0.408 e. The normalized spacial score (nSPS) is 12.7. The molecular weight excluding hydrogens is 437 g/mol. The Labute approximate surface area is 187 Å². The summed E-state index contributed by atoms with van der Waals surface area (Å²) in [5.74, 6) is -1.60. The van der Waals surface area contributed by atoms with Gasteiger partial charge in [-0.2, -0.15) is 0 Å². The molecule has 2 rings (SSSR count). The van der Waals surface area contributed by atoms with Crippen LogP contribution in [0.15, 0.2) is 53.4 Å². The average Bonchev–Trinajstić information content (AvgIpc) is 2.68. The summed E-state index contributed by atoms with van der Waals surface area (Å²) in [4.78, 5) is 24.9. The van der Waals surface area contributed by atoms with E-state index in [2.05, 4.69) is 15.4 Å². The molecule has 2 amide bonds. The molecule has 10 heteroatoms. The van der Waals surface area contributed by atoms with Gasteiger partial charge in [0.1, 0.15) is 17.5 Å². The summed E-state index contributed by atoms with van der Waals surface area (Å²) < 4.78 is 46.1. The minimum Gasteiger partial charge on any atom is -0.444 e. The average molecular weight is 466 g/mol. The van der Waals surface area contributed by atoms with Crippen molar-refractivity contribution >= 4 is 27.7 Å². The Morgan fingerprint density at radius 1 is 1.09 bits per heavy atom. The van der Waals surface area contributed by atoms with Crippen molar-refractivity contribution in [2.75, 3.05) is 11.9 Å². The van der Waals surface area contributed by atoms with E-state index in [1.54, 1.807) is 52.0 Å². The van der Waals surface area contributed by atoms with Crippen LogP contribution in [0.4, 0.5) is 14.9 Å². The molecule has 0 heterocycles. The number of sulfonamides is 1. The summed E-state index contributed by atoms with van der Waals surface area (Å²) in [5.41, 5.74) is -0.205. The lowest BCUT2D eigenvalue weighted by molar-refractivity contribution is -0.118. The lowest BCUT2D eigenvalue weighted by Gasteiger charge is -2.23. The molecule has 3 N–H and O–H groups in total. The van der Waals surface area contributed by atoms with Gasteiger partial charge in [0.05, 0.1) is 10.6 Å². The first-order valence-electron chi connectivity index (χ1n) is 10.0. The van der Waals surface area contributed by atoms with Gasteiger partial charge in [-0.3, -0.25) is 4.79 Å². The van der Waals surface area contributed by atoms with Gasteiger partial charge in [-0.05, 0) is 44.5 Å². The van der Waals surface area contributed by atoms with Crippen molar-refractivity contribution in [1.29, 1.82) is 0 Å². The lowest BCUT2D eigenvalue weighted by Crippen LogP contribution is -2.47. The van der Waals surface area contributed by atoms with Crippen molar-refractivity contribution in [3.8, 4) is 0 Å². The van der Waals surface area contributed by atoms with Crippen molar-refractivity contribution in [3.05, 3.63) is 59.9 Å². The van der Waals surface area contributed by atoms with Crippen LogP contribution >= 0.6 is 0 Å². The first kappa shape index (κ1) is 25.3. The Morgan fingerprint density at radius 2 is 1.75 bits per heavy atom. The number of carbonyl (C=O) groups excluding carboxylic acids is 2. The van der Waals surface area contributed by atoms with Gasteiger partial charge in [-0.1, -0.05) is 37.3 Å². The van der Waals surface area contributed by atoms with Gasteiger partial charge in [0.25, 0.3) is 0 Å². The summed E-state index contributed by atoms with van der Waals surface area (Å²) >= 11 is 0. The molecule has 174 valence electrons. The Kier molecular flexibility index (Phi) is 8.34. The topological polar surface area (TPSA) is 114 Å². The number of rotatable bonds is 8. The van der Waals surface area contributed by atoms with E-state index in [0.717, 1.165) is 17.7 Å². The van der Waals surface area contributed by atoms with Crippen molar-refractivity contribution < 1.29 is 27.1 Å². The number of ether oxygens (including phenoxy) is 1. The van der Waals surface area contributed by atoms with E-state index >= 15 is 0 Å². The highest BCUT2D eigenvalue weighted by atomic mass is 32.2. The molecule has 0 aromatic heterocycles. The highest BCUT2D eigenvalue weighted by Crippen LogP contribution is 2.20. The maximum absolute atomic E-state index is 14.5. The van der Waals surface area contributed by atoms with Crippen molar-refractivity contribution in [1.82, 2.24) is 10.0 Å². The molecule has 0 fully saturated rings. The first-order chi connectivity index (χ1) is 14.9. The summed E-state index contributed by atoms with van der Waals surface area (Å²) in [5, 5.41) is 4.92. The molecule has 0 aliphatic rings. The van der Waals surface area contributed by atoms with Crippen LogP contribution in [0, 0.1) is 5.82 Å². The quantitative estimate of drug-likeness (QED) is 0.554. The van der Waals surface area contributed by atoms with Crippen LogP contribution in [0.5, 0.6) is 0 Å². The van der Waals surface area contributed by atoms with E-state index in [-0.39, 0.29) is 23.5 Å². The molecule has 0 saturated heterocycles. The molecule has 0 aliphatic carbocycles. The van der Waals surface area contributed by atoms with E-state index in [9.17, 15) is 22.4 Å². The van der Waals surface area contributed by atoms with Gasteiger partial charge >= 0.3 is 6.09 Å². The van der Waals surface area contributed by atoms with Gasteiger partial charge in [-0.15, -0.1) is 0 Å². The van der Waals surface area contributed by atoms with E-state index in [4.69, 9.17) is 4.74 Å². The van der Waals surface area contributed by atoms with Gasteiger partial charge < -0.3 is 15.4 Å². The summed E-state index contributed by atoms with van der Waals surface area (Å²) in [6.07, 6.45) is -0.651.